The van der Waals surface area contributed by atoms with E-state index < -0.39 is 5.60 Å². The summed E-state index contributed by atoms with van der Waals surface area (Å²) in [6.45, 7) is 8.99. The minimum atomic E-state index is -0.494. The van der Waals surface area contributed by atoms with E-state index >= 15 is 0 Å². The quantitative estimate of drug-likeness (QED) is 0.720. The smallest absolute Gasteiger partial charge is 0.410 e. The summed E-state index contributed by atoms with van der Waals surface area (Å²) >= 11 is 0. The molecule has 2 heterocycles. The number of hydrogen-bond acceptors (Lipinski definition) is 4. The van der Waals surface area contributed by atoms with Gasteiger partial charge in [0.05, 0.1) is 0 Å². The molecule has 3 amide bonds. The fourth-order valence-electron chi connectivity index (χ4n) is 3.00. The zero-order valence-electron chi connectivity index (χ0n) is 15.6. The van der Waals surface area contributed by atoms with E-state index in [1.54, 1.807) is 17.9 Å². The Hall–Kier alpha value is -2.11. The van der Waals surface area contributed by atoms with Crippen molar-refractivity contribution in [3.63, 3.8) is 0 Å². The summed E-state index contributed by atoms with van der Waals surface area (Å²) in [6.07, 6.45) is 7.19. The van der Waals surface area contributed by atoms with Crippen LogP contribution in [-0.2, 0) is 14.3 Å². The second-order valence-electron chi connectivity index (χ2n) is 7.64. The van der Waals surface area contributed by atoms with E-state index in [1.165, 1.54) is 11.0 Å². The van der Waals surface area contributed by atoms with Gasteiger partial charge in [0.25, 0.3) is 11.8 Å². The lowest BCUT2D eigenvalue weighted by atomic mass is 9.94. The fraction of sp³-hybridized carbons (Fsp3) is 0.632. The van der Waals surface area contributed by atoms with Crippen LogP contribution in [0.25, 0.3) is 0 Å². The highest BCUT2D eigenvalue weighted by Gasteiger charge is 2.27. The summed E-state index contributed by atoms with van der Waals surface area (Å²) in [5.74, 6) is -0.231. The topological polar surface area (TPSA) is 66.9 Å². The summed E-state index contributed by atoms with van der Waals surface area (Å²) in [7, 11) is 0. The molecular weight excluding hydrogens is 320 g/mol. The summed E-state index contributed by atoms with van der Waals surface area (Å²) in [5, 5.41) is 0. The molecule has 0 aromatic rings. The number of carbonyl (C=O) groups excluding carboxylic acids is 3. The molecule has 0 saturated carbocycles. The lowest BCUT2D eigenvalue weighted by Gasteiger charge is -2.32. The van der Waals surface area contributed by atoms with Gasteiger partial charge in [0.1, 0.15) is 5.60 Å². The SMILES string of the molecule is CC(=CC1CCN(C(=O)OC(C)(C)C)CC1)C(=O)N1CCC=CC1=O. The third kappa shape index (κ3) is 5.44. The molecule has 25 heavy (non-hydrogen) atoms. The molecule has 2 aliphatic heterocycles. The average molecular weight is 348 g/mol. The number of amides is 3. The molecule has 0 N–H and O–H groups in total. The Balaban J connectivity index is 1.89. The van der Waals surface area contributed by atoms with Gasteiger partial charge in [0.15, 0.2) is 0 Å². The van der Waals surface area contributed by atoms with Crippen molar-refractivity contribution in [1.82, 2.24) is 9.80 Å². The molecule has 0 spiro atoms. The molecule has 0 radical (unpaired) electrons. The molecule has 0 aliphatic carbocycles. The maximum absolute atomic E-state index is 12.4. The van der Waals surface area contributed by atoms with E-state index in [-0.39, 0.29) is 23.8 Å². The highest BCUT2D eigenvalue weighted by molar-refractivity contribution is 6.07. The highest BCUT2D eigenvalue weighted by atomic mass is 16.6. The third-order valence-electron chi connectivity index (χ3n) is 4.31. The summed E-state index contributed by atoms with van der Waals surface area (Å²) < 4.78 is 5.39. The number of carbonyl (C=O) groups is 3. The van der Waals surface area contributed by atoms with Crippen LogP contribution in [0.2, 0.25) is 0 Å². The Labute approximate surface area is 149 Å². The van der Waals surface area contributed by atoms with E-state index in [9.17, 15) is 14.4 Å². The third-order valence-corrected chi connectivity index (χ3v) is 4.31. The lowest BCUT2D eigenvalue weighted by molar-refractivity contribution is -0.139. The number of piperidine rings is 1. The van der Waals surface area contributed by atoms with Crippen LogP contribution < -0.4 is 0 Å². The van der Waals surface area contributed by atoms with Gasteiger partial charge in [-0.3, -0.25) is 14.5 Å². The van der Waals surface area contributed by atoms with Gasteiger partial charge in [0, 0.05) is 25.2 Å². The van der Waals surface area contributed by atoms with Crippen LogP contribution in [0.3, 0.4) is 0 Å². The molecule has 0 atom stereocenters. The van der Waals surface area contributed by atoms with Crippen molar-refractivity contribution < 1.29 is 19.1 Å². The number of hydrogen-bond donors (Lipinski definition) is 0. The summed E-state index contributed by atoms with van der Waals surface area (Å²) in [5.41, 5.74) is 0.103. The minimum absolute atomic E-state index is 0.219. The second-order valence-corrected chi connectivity index (χ2v) is 7.64. The molecule has 2 rings (SSSR count). The summed E-state index contributed by atoms with van der Waals surface area (Å²) in [4.78, 5) is 39.3. The van der Waals surface area contributed by atoms with Gasteiger partial charge in [-0.2, -0.15) is 0 Å². The van der Waals surface area contributed by atoms with E-state index in [1.807, 2.05) is 26.8 Å². The van der Waals surface area contributed by atoms with Crippen LogP contribution in [0, 0.1) is 5.92 Å². The Morgan fingerprint density at radius 2 is 1.84 bits per heavy atom. The van der Waals surface area contributed by atoms with Crippen LogP contribution in [0.1, 0.15) is 47.0 Å². The Morgan fingerprint density at radius 1 is 1.20 bits per heavy atom. The van der Waals surface area contributed by atoms with Gasteiger partial charge in [-0.25, -0.2) is 4.79 Å². The van der Waals surface area contributed by atoms with Crippen LogP contribution in [-0.4, -0.2) is 52.9 Å². The van der Waals surface area contributed by atoms with Crippen LogP contribution >= 0.6 is 0 Å². The van der Waals surface area contributed by atoms with E-state index in [0.29, 0.717) is 31.6 Å². The number of ether oxygens (including phenoxy) is 1. The van der Waals surface area contributed by atoms with Crippen LogP contribution in [0.15, 0.2) is 23.8 Å². The largest absolute Gasteiger partial charge is 0.444 e. The first kappa shape index (κ1) is 19.2. The monoisotopic (exact) mass is 348 g/mol. The van der Waals surface area contributed by atoms with Crippen molar-refractivity contribution in [3.8, 4) is 0 Å². The van der Waals surface area contributed by atoms with Crippen molar-refractivity contribution in [1.29, 1.82) is 0 Å². The number of allylic oxidation sites excluding steroid dienone is 1. The normalized spacial score (nSPS) is 20.0. The fourth-order valence-corrected chi connectivity index (χ4v) is 3.00. The van der Waals surface area contributed by atoms with Crippen molar-refractivity contribution in [3.05, 3.63) is 23.8 Å². The molecular formula is C19H28N2O4. The Kier molecular flexibility index (Phi) is 6.03. The maximum atomic E-state index is 12.4. The van der Waals surface area contributed by atoms with E-state index in [4.69, 9.17) is 4.74 Å². The van der Waals surface area contributed by atoms with Crippen LogP contribution in [0.5, 0.6) is 0 Å². The van der Waals surface area contributed by atoms with Crippen molar-refractivity contribution in [2.45, 2.75) is 52.6 Å². The van der Waals surface area contributed by atoms with Gasteiger partial charge < -0.3 is 9.64 Å². The number of imide groups is 1. The molecule has 0 aromatic heterocycles. The Morgan fingerprint density at radius 3 is 2.40 bits per heavy atom. The highest BCUT2D eigenvalue weighted by Crippen LogP contribution is 2.22. The van der Waals surface area contributed by atoms with Gasteiger partial charge in [-0.05, 0) is 59.0 Å². The molecule has 6 nitrogen and oxygen atoms in total. The van der Waals surface area contributed by atoms with E-state index in [0.717, 1.165) is 12.8 Å². The molecule has 0 bridgehead atoms. The predicted molar refractivity (Wildman–Crippen MR) is 94.8 cm³/mol. The molecule has 0 aromatic carbocycles. The molecule has 1 fully saturated rings. The standard InChI is InChI=1S/C19H28N2O4/c1-14(17(23)21-10-6-5-7-16(21)22)13-15-8-11-20(12-9-15)18(24)25-19(2,3)4/h5,7,13,15H,6,8-12H2,1-4H3. The minimum Gasteiger partial charge on any atom is -0.444 e. The van der Waals surface area contributed by atoms with Gasteiger partial charge in [0.2, 0.25) is 0 Å². The van der Waals surface area contributed by atoms with Gasteiger partial charge in [-0.1, -0.05) is 12.2 Å². The second kappa shape index (κ2) is 7.85. The first-order valence-corrected chi connectivity index (χ1v) is 8.86. The van der Waals surface area contributed by atoms with E-state index in [2.05, 4.69) is 0 Å². The average Bonchev–Trinajstić information content (AvgIpc) is 2.53. The maximum Gasteiger partial charge on any atom is 0.410 e. The molecule has 0 unspecified atom stereocenters. The summed E-state index contributed by atoms with van der Waals surface area (Å²) in [6, 6.07) is 0. The van der Waals surface area contributed by atoms with Gasteiger partial charge >= 0.3 is 6.09 Å². The molecule has 1 saturated heterocycles. The lowest BCUT2D eigenvalue weighted by Crippen LogP contribution is -2.42. The number of likely N-dealkylation sites (tertiary alicyclic amines) is 1. The molecule has 138 valence electrons. The zero-order chi connectivity index (χ0) is 18.6. The van der Waals surface area contributed by atoms with Crippen molar-refractivity contribution >= 4 is 17.9 Å². The Bertz CT molecular complexity index is 593. The first-order chi connectivity index (χ1) is 11.7. The first-order valence-electron chi connectivity index (χ1n) is 8.86. The molecule has 6 heteroatoms. The molecule has 2 aliphatic rings. The van der Waals surface area contributed by atoms with Crippen molar-refractivity contribution in [2.24, 2.45) is 5.92 Å². The number of nitrogens with zero attached hydrogens (tertiary/aromatic N) is 2. The number of rotatable bonds is 2. The predicted octanol–water partition coefficient (Wildman–Crippen LogP) is 2.89. The van der Waals surface area contributed by atoms with Crippen molar-refractivity contribution in [2.75, 3.05) is 19.6 Å². The zero-order valence-corrected chi connectivity index (χ0v) is 15.6. The van der Waals surface area contributed by atoms with Gasteiger partial charge in [-0.15, -0.1) is 0 Å². The van der Waals surface area contributed by atoms with Crippen LogP contribution in [0.4, 0.5) is 4.79 Å².